The van der Waals surface area contributed by atoms with Crippen LogP contribution in [0.3, 0.4) is 0 Å². The number of ether oxygens (including phenoxy) is 2. The van der Waals surface area contributed by atoms with E-state index in [1.54, 1.807) is 29.2 Å². The molecule has 1 fully saturated rings. The van der Waals surface area contributed by atoms with Crippen LogP contribution in [-0.4, -0.2) is 52.6 Å². The number of carbonyl (C=O) groups is 3. The molecule has 2 N–H and O–H groups in total. The highest BCUT2D eigenvalue weighted by Crippen LogP contribution is 2.32. The van der Waals surface area contributed by atoms with Crippen molar-refractivity contribution < 1.29 is 23.9 Å². The molecule has 1 aromatic heterocycles. The van der Waals surface area contributed by atoms with Crippen molar-refractivity contribution in [2.24, 2.45) is 0 Å². The predicted octanol–water partition coefficient (Wildman–Crippen LogP) is 7.97. The van der Waals surface area contributed by atoms with Crippen LogP contribution in [0.4, 0.5) is 16.3 Å². The molecule has 0 bridgehead atoms. The minimum atomic E-state index is -0.573. The number of likely N-dealkylation sites (tertiary alicyclic amines) is 1. The quantitative estimate of drug-likeness (QED) is 0.283. The summed E-state index contributed by atoms with van der Waals surface area (Å²) in [5, 5.41) is 6.34. The fraction of sp³-hybridized carbons (Fsp3) is 0.394. The zero-order valence-corrected chi connectivity index (χ0v) is 27.3. The van der Waals surface area contributed by atoms with Crippen molar-refractivity contribution in [1.82, 2.24) is 9.88 Å². The number of piperidine rings is 1. The highest BCUT2D eigenvalue weighted by molar-refractivity contribution is 6.31. The second kappa shape index (κ2) is 13.4. The standard InChI is InChI=1S/C33H38Cl2N4O5/c1-32(2,3)20-7-10-25(27(17-20)43-23-13-15-39(16-14-23)31(42)44-33(4,5)6)30(41)37-26-18-21(34)8-11-24(26)29(40)38-28-12-9-22(35)19-36-28/h7-12,17-19,23H,13-16H2,1-6H3,(H,37,41)(H,36,38,40). The van der Waals surface area contributed by atoms with E-state index in [9.17, 15) is 14.4 Å². The van der Waals surface area contributed by atoms with Crippen molar-refractivity contribution in [2.75, 3.05) is 23.7 Å². The highest BCUT2D eigenvalue weighted by Gasteiger charge is 2.29. The van der Waals surface area contributed by atoms with E-state index in [4.69, 9.17) is 32.7 Å². The number of halogens is 2. The number of hydrogen-bond donors (Lipinski definition) is 2. The smallest absolute Gasteiger partial charge is 0.410 e. The van der Waals surface area contributed by atoms with Crippen LogP contribution in [0.2, 0.25) is 10.0 Å². The summed E-state index contributed by atoms with van der Waals surface area (Å²) in [5.41, 5.74) is 0.956. The maximum atomic E-state index is 13.7. The van der Waals surface area contributed by atoms with Crippen LogP contribution in [-0.2, 0) is 10.2 Å². The van der Waals surface area contributed by atoms with Gasteiger partial charge in [0.2, 0.25) is 0 Å². The van der Waals surface area contributed by atoms with Crippen LogP contribution in [0.5, 0.6) is 5.75 Å². The van der Waals surface area contributed by atoms with Crippen LogP contribution in [0.15, 0.2) is 54.7 Å². The molecule has 1 aliphatic rings. The number of anilines is 2. The largest absolute Gasteiger partial charge is 0.489 e. The third-order valence-corrected chi connectivity index (χ3v) is 7.38. The molecule has 0 radical (unpaired) electrons. The lowest BCUT2D eigenvalue weighted by Gasteiger charge is -2.34. The Labute approximate surface area is 268 Å². The molecule has 4 rings (SSSR count). The molecule has 1 saturated heterocycles. The summed E-state index contributed by atoms with van der Waals surface area (Å²) >= 11 is 12.2. The van der Waals surface area contributed by atoms with Gasteiger partial charge in [-0.2, -0.15) is 0 Å². The molecule has 0 atom stereocenters. The summed E-state index contributed by atoms with van der Waals surface area (Å²) in [5.74, 6) is -0.225. The van der Waals surface area contributed by atoms with Crippen LogP contribution in [0.1, 0.15) is 80.7 Å². The number of nitrogens with zero attached hydrogens (tertiary/aromatic N) is 2. The fourth-order valence-corrected chi connectivity index (χ4v) is 4.86. The molecule has 2 aromatic carbocycles. The average molecular weight is 642 g/mol. The fourth-order valence-electron chi connectivity index (χ4n) is 4.58. The molecule has 0 unspecified atom stereocenters. The Morgan fingerprint density at radius 1 is 0.841 bits per heavy atom. The number of nitrogens with one attached hydrogen (secondary N) is 2. The summed E-state index contributed by atoms with van der Waals surface area (Å²) in [6.45, 7) is 12.7. The first kappa shape index (κ1) is 33.1. The highest BCUT2D eigenvalue weighted by atomic mass is 35.5. The van der Waals surface area contributed by atoms with E-state index in [-0.39, 0.29) is 28.9 Å². The van der Waals surface area contributed by atoms with Gasteiger partial charge in [-0.1, -0.05) is 50.0 Å². The van der Waals surface area contributed by atoms with Gasteiger partial charge in [-0.05, 0) is 74.2 Å². The van der Waals surface area contributed by atoms with Gasteiger partial charge in [0.05, 0.1) is 21.8 Å². The number of benzene rings is 2. The van der Waals surface area contributed by atoms with Gasteiger partial charge >= 0.3 is 6.09 Å². The molecule has 1 aliphatic heterocycles. The molecular formula is C33H38Cl2N4O5. The molecule has 2 heterocycles. The zero-order valence-electron chi connectivity index (χ0n) is 25.8. The Morgan fingerprint density at radius 2 is 1.48 bits per heavy atom. The van der Waals surface area contributed by atoms with Gasteiger partial charge in [0, 0.05) is 37.2 Å². The van der Waals surface area contributed by atoms with Gasteiger partial charge in [-0.25, -0.2) is 9.78 Å². The summed E-state index contributed by atoms with van der Waals surface area (Å²) in [6, 6.07) is 13.3. The van der Waals surface area contributed by atoms with Crippen molar-refractivity contribution in [1.29, 1.82) is 0 Å². The van der Waals surface area contributed by atoms with E-state index < -0.39 is 17.4 Å². The van der Waals surface area contributed by atoms with Crippen molar-refractivity contribution in [3.05, 3.63) is 81.5 Å². The van der Waals surface area contributed by atoms with E-state index in [0.717, 1.165) is 5.56 Å². The Kier molecular flexibility index (Phi) is 10.1. The molecule has 44 heavy (non-hydrogen) atoms. The Balaban J connectivity index is 1.55. The van der Waals surface area contributed by atoms with Gasteiger partial charge < -0.3 is 25.0 Å². The normalized spacial score (nSPS) is 14.1. The molecule has 3 aromatic rings. The average Bonchev–Trinajstić information content (AvgIpc) is 2.93. The first-order chi connectivity index (χ1) is 20.6. The maximum absolute atomic E-state index is 13.7. The molecule has 0 aliphatic carbocycles. The summed E-state index contributed by atoms with van der Waals surface area (Å²) in [4.78, 5) is 45.2. The van der Waals surface area contributed by atoms with E-state index >= 15 is 0 Å². The monoisotopic (exact) mass is 640 g/mol. The van der Waals surface area contributed by atoms with Gasteiger partial charge in [-0.15, -0.1) is 0 Å². The van der Waals surface area contributed by atoms with Crippen LogP contribution < -0.4 is 15.4 Å². The number of rotatable bonds is 6. The number of carbonyl (C=O) groups excluding carboxylic acids is 3. The van der Waals surface area contributed by atoms with Gasteiger partial charge in [-0.3, -0.25) is 9.59 Å². The number of hydrogen-bond acceptors (Lipinski definition) is 6. The van der Waals surface area contributed by atoms with E-state index in [0.29, 0.717) is 53.1 Å². The molecule has 3 amide bonds. The van der Waals surface area contributed by atoms with Crippen molar-refractivity contribution in [3.8, 4) is 5.75 Å². The van der Waals surface area contributed by atoms with Gasteiger partial charge in [0.15, 0.2) is 0 Å². The lowest BCUT2D eigenvalue weighted by atomic mass is 9.86. The molecule has 0 spiro atoms. The molecular weight excluding hydrogens is 603 g/mol. The summed E-state index contributed by atoms with van der Waals surface area (Å²) < 4.78 is 11.9. The van der Waals surface area contributed by atoms with Crippen LogP contribution in [0, 0.1) is 0 Å². The van der Waals surface area contributed by atoms with Crippen molar-refractivity contribution >= 4 is 52.6 Å². The van der Waals surface area contributed by atoms with E-state index in [1.807, 2.05) is 32.9 Å². The first-order valence-electron chi connectivity index (χ1n) is 14.4. The topological polar surface area (TPSA) is 110 Å². The van der Waals surface area contributed by atoms with E-state index in [1.165, 1.54) is 18.3 Å². The number of amides is 3. The zero-order chi connectivity index (χ0) is 32.2. The molecule has 9 nitrogen and oxygen atoms in total. The number of pyridine rings is 1. The van der Waals surface area contributed by atoms with Crippen molar-refractivity contribution in [3.63, 3.8) is 0 Å². The van der Waals surface area contributed by atoms with Crippen LogP contribution in [0.25, 0.3) is 0 Å². The Hall–Kier alpha value is -3.82. The Bertz CT molecular complexity index is 1520. The lowest BCUT2D eigenvalue weighted by molar-refractivity contribution is 0.0126. The summed E-state index contributed by atoms with van der Waals surface area (Å²) in [6.07, 6.45) is 2.02. The van der Waals surface area contributed by atoms with E-state index in [2.05, 4.69) is 36.4 Å². The van der Waals surface area contributed by atoms with Gasteiger partial charge in [0.25, 0.3) is 11.8 Å². The number of aromatic nitrogens is 1. The molecule has 0 saturated carbocycles. The molecule has 234 valence electrons. The minimum absolute atomic E-state index is 0.193. The molecule has 11 heteroatoms. The third-order valence-electron chi connectivity index (χ3n) is 6.92. The van der Waals surface area contributed by atoms with Crippen LogP contribution >= 0.6 is 23.2 Å². The van der Waals surface area contributed by atoms with Gasteiger partial charge in [0.1, 0.15) is 23.3 Å². The maximum Gasteiger partial charge on any atom is 0.410 e. The predicted molar refractivity (Wildman–Crippen MR) is 173 cm³/mol. The first-order valence-corrected chi connectivity index (χ1v) is 15.2. The lowest BCUT2D eigenvalue weighted by Crippen LogP contribution is -2.44. The van der Waals surface area contributed by atoms with Crippen molar-refractivity contribution in [2.45, 2.75) is 71.5 Å². The second-order valence-electron chi connectivity index (χ2n) is 12.7. The SMILES string of the molecule is CC(C)(C)OC(=O)N1CCC(Oc2cc(C(C)(C)C)ccc2C(=O)Nc2cc(Cl)ccc2C(=O)Nc2ccc(Cl)cn2)CC1. The Morgan fingerprint density at radius 3 is 2.09 bits per heavy atom. The third kappa shape index (κ3) is 8.86. The minimum Gasteiger partial charge on any atom is -0.489 e. The second-order valence-corrected chi connectivity index (χ2v) is 13.6. The summed E-state index contributed by atoms with van der Waals surface area (Å²) in [7, 11) is 0.